The number of hydrogen-bond donors (Lipinski definition) is 2. The van der Waals surface area contributed by atoms with Crippen LogP contribution in [0.15, 0.2) is 0 Å². The van der Waals surface area contributed by atoms with Gasteiger partial charge >= 0.3 is 0 Å². The van der Waals surface area contributed by atoms with E-state index >= 15 is 0 Å². The molecule has 0 aromatic heterocycles. The Kier molecular flexibility index (Phi) is 5.93. The Hall–Kier alpha value is -0.750. The van der Waals surface area contributed by atoms with Gasteiger partial charge in [0, 0.05) is 30.3 Å². The largest absolute Gasteiger partial charge is 0.395 e. The van der Waals surface area contributed by atoms with Crippen molar-refractivity contribution >= 4 is 23.6 Å². The monoisotopic (exact) mass is 314 g/mol. The van der Waals surface area contributed by atoms with Gasteiger partial charge in [0.05, 0.1) is 12.5 Å². The Balaban J connectivity index is 1.85. The number of carbonyl (C=O) groups is 2. The van der Waals surface area contributed by atoms with Crippen LogP contribution in [0.1, 0.15) is 32.6 Å². The molecule has 0 radical (unpaired) electrons. The molecule has 3 unspecified atom stereocenters. The molecule has 2 amide bonds. The molecular formula is C15H26N2O3S. The van der Waals surface area contributed by atoms with Crippen LogP contribution in [0.25, 0.3) is 0 Å². The van der Waals surface area contributed by atoms with Crippen molar-refractivity contribution in [3.8, 4) is 0 Å². The lowest BCUT2D eigenvalue weighted by molar-refractivity contribution is -0.136. The van der Waals surface area contributed by atoms with Crippen molar-refractivity contribution in [2.24, 2.45) is 11.8 Å². The summed E-state index contributed by atoms with van der Waals surface area (Å²) in [5, 5.41) is 12.3. The highest BCUT2D eigenvalue weighted by Gasteiger charge is 2.37. The number of carbonyl (C=O) groups excluding carboxylic acids is 2. The van der Waals surface area contributed by atoms with E-state index in [9.17, 15) is 14.7 Å². The maximum absolute atomic E-state index is 12.4. The molecule has 1 saturated heterocycles. The van der Waals surface area contributed by atoms with Gasteiger partial charge < -0.3 is 15.3 Å². The van der Waals surface area contributed by atoms with Gasteiger partial charge in [-0.1, -0.05) is 0 Å². The van der Waals surface area contributed by atoms with Crippen LogP contribution >= 0.6 is 11.8 Å². The van der Waals surface area contributed by atoms with Crippen molar-refractivity contribution < 1.29 is 14.7 Å². The highest BCUT2D eigenvalue weighted by molar-refractivity contribution is 7.99. The van der Waals surface area contributed by atoms with Crippen LogP contribution in [0.5, 0.6) is 0 Å². The first-order chi connectivity index (χ1) is 10.1. The van der Waals surface area contributed by atoms with Crippen LogP contribution in [0.4, 0.5) is 0 Å². The second-order valence-corrected chi connectivity index (χ2v) is 7.23. The number of nitrogens with zero attached hydrogens (tertiary/aromatic N) is 1. The Morgan fingerprint density at radius 1 is 1.33 bits per heavy atom. The van der Waals surface area contributed by atoms with Crippen LogP contribution < -0.4 is 5.32 Å². The van der Waals surface area contributed by atoms with Gasteiger partial charge in [-0.2, -0.15) is 11.8 Å². The number of rotatable bonds is 6. The maximum atomic E-state index is 12.4. The first-order valence-electron chi connectivity index (χ1n) is 7.79. The Morgan fingerprint density at radius 3 is 2.62 bits per heavy atom. The molecule has 2 N–H and O–H groups in total. The summed E-state index contributed by atoms with van der Waals surface area (Å²) in [7, 11) is 0. The summed E-state index contributed by atoms with van der Waals surface area (Å²) < 4.78 is 0. The Bertz CT molecular complexity index is 383. The zero-order valence-electron chi connectivity index (χ0n) is 12.9. The molecule has 2 fully saturated rings. The predicted molar refractivity (Wildman–Crippen MR) is 84.0 cm³/mol. The van der Waals surface area contributed by atoms with Gasteiger partial charge in [-0.25, -0.2) is 0 Å². The molecule has 2 aliphatic rings. The van der Waals surface area contributed by atoms with Gasteiger partial charge in [-0.3, -0.25) is 9.59 Å². The van der Waals surface area contributed by atoms with Gasteiger partial charge in [0.2, 0.25) is 11.8 Å². The highest BCUT2D eigenvalue weighted by atomic mass is 32.2. The van der Waals surface area contributed by atoms with Crippen molar-refractivity contribution in [2.45, 2.75) is 43.9 Å². The zero-order chi connectivity index (χ0) is 15.4. The third-order valence-electron chi connectivity index (χ3n) is 4.44. The molecule has 3 atom stereocenters. The fraction of sp³-hybridized carbons (Fsp3) is 0.867. The molecule has 2 rings (SSSR count). The zero-order valence-corrected chi connectivity index (χ0v) is 13.7. The number of likely N-dealkylation sites (tertiary alicyclic amines) is 1. The SMILES string of the molecule is CSC(CO)C(C)NC(=O)C1CCCN(C(=O)C2CC2)C1. The van der Waals surface area contributed by atoms with E-state index in [0.717, 1.165) is 32.2 Å². The molecule has 1 aliphatic heterocycles. The number of aliphatic hydroxyl groups excluding tert-OH is 1. The summed E-state index contributed by atoms with van der Waals surface area (Å²) in [6.07, 6.45) is 5.69. The van der Waals surface area contributed by atoms with E-state index in [1.807, 2.05) is 18.1 Å². The van der Waals surface area contributed by atoms with Crippen LogP contribution in [0.3, 0.4) is 0 Å². The van der Waals surface area contributed by atoms with E-state index in [1.54, 1.807) is 11.8 Å². The fourth-order valence-electron chi connectivity index (χ4n) is 2.85. The number of nitrogens with one attached hydrogen (secondary N) is 1. The van der Waals surface area contributed by atoms with Crippen molar-refractivity contribution in [1.82, 2.24) is 10.2 Å². The van der Waals surface area contributed by atoms with E-state index in [4.69, 9.17) is 0 Å². The highest BCUT2D eigenvalue weighted by Crippen LogP contribution is 2.32. The molecule has 0 bridgehead atoms. The van der Waals surface area contributed by atoms with Gasteiger partial charge in [0.25, 0.3) is 0 Å². The first-order valence-corrected chi connectivity index (χ1v) is 9.08. The van der Waals surface area contributed by atoms with E-state index in [0.29, 0.717) is 6.54 Å². The minimum absolute atomic E-state index is 0.0155. The number of thioether (sulfide) groups is 1. The van der Waals surface area contributed by atoms with E-state index in [2.05, 4.69) is 5.32 Å². The van der Waals surface area contributed by atoms with E-state index in [-0.39, 0.29) is 41.5 Å². The van der Waals surface area contributed by atoms with Crippen LogP contribution in [0.2, 0.25) is 0 Å². The van der Waals surface area contributed by atoms with Gasteiger partial charge in [-0.15, -0.1) is 0 Å². The van der Waals surface area contributed by atoms with Crippen LogP contribution in [-0.2, 0) is 9.59 Å². The summed E-state index contributed by atoms with van der Waals surface area (Å²) in [6.45, 7) is 3.32. The lowest BCUT2D eigenvalue weighted by Gasteiger charge is -2.33. The first kappa shape index (κ1) is 16.6. The van der Waals surface area contributed by atoms with Crippen molar-refractivity contribution in [3.05, 3.63) is 0 Å². The number of hydrogen-bond acceptors (Lipinski definition) is 4. The Labute approximate surface area is 130 Å². The van der Waals surface area contributed by atoms with Gasteiger partial charge in [0.1, 0.15) is 0 Å². The number of piperidine rings is 1. The molecule has 1 saturated carbocycles. The topological polar surface area (TPSA) is 69.6 Å². The molecule has 0 aromatic rings. The summed E-state index contributed by atoms with van der Waals surface area (Å²) >= 11 is 1.56. The molecule has 6 heteroatoms. The number of amides is 2. The van der Waals surface area contributed by atoms with E-state index < -0.39 is 0 Å². The lowest BCUT2D eigenvalue weighted by atomic mass is 9.96. The predicted octanol–water partition coefficient (Wildman–Crippen LogP) is 0.864. The Morgan fingerprint density at radius 2 is 2.05 bits per heavy atom. The molecule has 1 heterocycles. The second kappa shape index (κ2) is 7.49. The summed E-state index contributed by atoms with van der Waals surface area (Å²) in [4.78, 5) is 26.3. The smallest absolute Gasteiger partial charge is 0.225 e. The van der Waals surface area contributed by atoms with Crippen LogP contribution in [-0.4, -0.2) is 59.1 Å². The molecular weight excluding hydrogens is 288 g/mol. The van der Waals surface area contributed by atoms with Crippen molar-refractivity contribution in [2.75, 3.05) is 26.0 Å². The van der Waals surface area contributed by atoms with Gasteiger partial charge in [0.15, 0.2) is 0 Å². The van der Waals surface area contributed by atoms with E-state index in [1.165, 1.54) is 0 Å². The third-order valence-corrected chi connectivity index (χ3v) is 5.60. The summed E-state index contributed by atoms with van der Waals surface area (Å²) in [6, 6.07) is -0.0630. The average Bonchev–Trinajstić information content (AvgIpc) is 3.32. The molecule has 0 aromatic carbocycles. The molecule has 5 nitrogen and oxygen atoms in total. The summed E-state index contributed by atoms with van der Waals surface area (Å²) in [5.74, 6) is 0.368. The second-order valence-electron chi connectivity index (χ2n) is 6.15. The standard InChI is InChI=1S/C15H26N2O3S/c1-10(13(9-18)21-2)16-14(19)12-4-3-7-17(8-12)15(20)11-5-6-11/h10-13,18H,3-9H2,1-2H3,(H,16,19). The summed E-state index contributed by atoms with van der Waals surface area (Å²) in [5.41, 5.74) is 0. The maximum Gasteiger partial charge on any atom is 0.225 e. The molecule has 120 valence electrons. The third kappa shape index (κ3) is 4.36. The number of aliphatic hydroxyl groups is 1. The minimum atomic E-state index is -0.106. The van der Waals surface area contributed by atoms with Crippen LogP contribution in [0, 0.1) is 11.8 Å². The van der Waals surface area contributed by atoms with Crippen molar-refractivity contribution in [1.29, 1.82) is 0 Å². The minimum Gasteiger partial charge on any atom is -0.395 e. The van der Waals surface area contributed by atoms with Gasteiger partial charge in [-0.05, 0) is 38.9 Å². The molecule has 1 aliphatic carbocycles. The fourth-order valence-corrected chi connectivity index (χ4v) is 3.48. The molecule has 0 spiro atoms. The quantitative estimate of drug-likeness (QED) is 0.763. The molecule has 21 heavy (non-hydrogen) atoms. The average molecular weight is 314 g/mol. The normalized spacial score (nSPS) is 25.3. The van der Waals surface area contributed by atoms with Crippen molar-refractivity contribution in [3.63, 3.8) is 0 Å². The lowest BCUT2D eigenvalue weighted by Crippen LogP contribution is -2.49.